The van der Waals surface area contributed by atoms with Crippen LogP contribution in [0.3, 0.4) is 0 Å². The first kappa shape index (κ1) is 14.9. The van der Waals surface area contributed by atoms with Crippen molar-refractivity contribution in [2.24, 2.45) is 0 Å². The van der Waals surface area contributed by atoms with E-state index >= 15 is 0 Å². The van der Waals surface area contributed by atoms with Gasteiger partial charge in [-0.15, -0.1) is 0 Å². The van der Waals surface area contributed by atoms with Gasteiger partial charge in [0.05, 0.1) is 0 Å². The Balaban J connectivity index is 2.67. The van der Waals surface area contributed by atoms with Gasteiger partial charge in [0.2, 0.25) is 0 Å². The highest BCUT2D eigenvalue weighted by atomic mass is 16.5. The van der Waals surface area contributed by atoms with E-state index in [1.807, 2.05) is 27.0 Å². The van der Waals surface area contributed by atoms with Crippen LogP contribution in [0.25, 0.3) is 0 Å². The third kappa shape index (κ3) is 4.61. The summed E-state index contributed by atoms with van der Waals surface area (Å²) in [5.74, 6) is 0. The number of ether oxygens (including phenoxy) is 1. The molecular weight excluding hydrogens is 226 g/mol. The Morgan fingerprint density at radius 3 is 2.61 bits per heavy atom. The van der Waals surface area contributed by atoms with E-state index in [2.05, 4.69) is 29.1 Å². The van der Waals surface area contributed by atoms with Gasteiger partial charge in [0.25, 0.3) is 0 Å². The van der Waals surface area contributed by atoms with Crippen LogP contribution in [0.4, 0.5) is 0 Å². The van der Waals surface area contributed by atoms with E-state index in [0.717, 1.165) is 37.2 Å². The lowest BCUT2D eigenvalue weighted by molar-refractivity contribution is 0.0921. The summed E-state index contributed by atoms with van der Waals surface area (Å²) < 4.78 is 5.77. The average Bonchev–Trinajstić information content (AvgIpc) is 2.32. The lowest BCUT2D eigenvalue weighted by Gasteiger charge is -2.23. The van der Waals surface area contributed by atoms with Crippen molar-refractivity contribution in [3.8, 4) is 6.01 Å². The van der Waals surface area contributed by atoms with Gasteiger partial charge in [-0.2, -0.15) is 0 Å². The Bertz CT molecular complexity index is 377. The third-order valence-corrected chi connectivity index (χ3v) is 3.02. The lowest BCUT2D eigenvalue weighted by atomic mass is 10.1. The van der Waals surface area contributed by atoms with Crippen LogP contribution in [-0.2, 0) is 6.54 Å². The Kier molecular flexibility index (Phi) is 5.54. The van der Waals surface area contributed by atoms with E-state index in [-0.39, 0.29) is 5.60 Å². The number of nitrogens with zero attached hydrogens (tertiary/aromatic N) is 2. The van der Waals surface area contributed by atoms with Gasteiger partial charge in [-0.25, -0.2) is 9.97 Å². The Labute approximate surface area is 110 Å². The molecule has 0 saturated carbocycles. The van der Waals surface area contributed by atoms with Crippen molar-refractivity contribution in [1.29, 1.82) is 0 Å². The molecule has 0 saturated heterocycles. The fraction of sp³-hybridized carbons (Fsp3) is 0.714. The van der Waals surface area contributed by atoms with E-state index in [1.54, 1.807) is 0 Å². The molecule has 0 aliphatic rings. The molecule has 0 atom stereocenters. The molecule has 4 nitrogen and oxygen atoms in total. The van der Waals surface area contributed by atoms with Crippen molar-refractivity contribution in [3.05, 3.63) is 17.5 Å². The molecule has 1 N–H and O–H groups in total. The molecule has 4 heteroatoms. The highest BCUT2D eigenvalue weighted by Crippen LogP contribution is 2.17. The molecule has 1 rings (SSSR count). The summed E-state index contributed by atoms with van der Waals surface area (Å²) in [5.41, 5.74) is 1.90. The normalized spacial score (nSPS) is 11.6. The SMILES string of the molecule is CCCNCc1cnc(OC(C)(C)CC)nc1C. The van der Waals surface area contributed by atoms with Gasteiger partial charge in [-0.1, -0.05) is 13.8 Å². The highest BCUT2D eigenvalue weighted by molar-refractivity contribution is 5.17. The number of nitrogens with one attached hydrogen (secondary N) is 1. The van der Waals surface area contributed by atoms with Crippen molar-refractivity contribution < 1.29 is 4.74 Å². The molecule has 18 heavy (non-hydrogen) atoms. The fourth-order valence-corrected chi connectivity index (χ4v) is 1.41. The number of aromatic nitrogens is 2. The molecular formula is C14H25N3O. The molecule has 0 radical (unpaired) electrons. The highest BCUT2D eigenvalue weighted by Gasteiger charge is 2.18. The molecule has 0 unspecified atom stereocenters. The van der Waals surface area contributed by atoms with Gasteiger partial charge in [0.15, 0.2) is 0 Å². The summed E-state index contributed by atoms with van der Waals surface area (Å²) in [6, 6.07) is 0.471. The molecule has 0 aliphatic heterocycles. The second-order valence-corrected chi connectivity index (χ2v) is 5.16. The summed E-state index contributed by atoms with van der Waals surface area (Å²) in [5, 5.41) is 3.35. The number of aryl methyl sites for hydroxylation is 1. The zero-order valence-corrected chi connectivity index (χ0v) is 12.2. The molecule has 0 bridgehead atoms. The maximum absolute atomic E-state index is 5.77. The first-order valence-corrected chi connectivity index (χ1v) is 6.70. The molecule has 1 heterocycles. The van der Waals surface area contributed by atoms with Crippen molar-refractivity contribution in [1.82, 2.24) is 15.3 Å². The van der Waals surface area contributed by atoms with Crippen LogP contribution in [0, 0.1) is 6.92 Å². The average molecular weight is 251 g/mol. The third-order valence-electron chi connectivity index (χ3n) is 3.02. The van der Waals surface area contributed by atoms with Crippen molar-refractivity contribution in [2.75, 3.05) is 6.54 Å². The molecule has 0 aliphatic carbocycles. The van der Waals surface area contributed by atoms with Crippen LogP contribution in [0.2, 0.25) is 0 Å². The largest absolute Gasteiger partial charge is 0.457 e. The molecule has 0 spiro atoms. The minimum atomic E-state index is -0.214. The van der Waals surface area contributed by atoms with Crippen LogP contribution in [-0.4, -0.2) is 22.1 Å². The minimum Gasteiger partial charge on any atom is -0.457 e. The lowest BCUT2D eigenvalue weighted by Crippen LogP contribution is -2.28. The number of hydrogen-bond donors (Lipinski definition) is 1. The second-order valence-electron chi connectivity index (χ2n) is 5.16. The molecule has 1 aromatic rings. The molecule has 1 aromatic heterocycles. The zero-order chi connectivity index (χ0) is 13.6. The van der Waals surface area contributed by atoms with Crippen molar-refractivity contribution >= 4 is 0 Å². The Hall–Kier alpha value is -1.16. The molecule has 0 aromatic carbocycles. The van der Waals surface area contributed by atoms with E-state index in [1.165, 1.54) is 0 Å². The Morgan fingerprint density at radius 2 is 2.06 bits per heavy atom. The molecule has 102 valence electrons. The minimum absolute atomic E-state index is 0.214. The van der Waals surface area contributed by atoms with Gasteiger partial charge in [-0.05, 0) is 40.2 Å². The quantitative estimate of drug-likeness (QED) is 0.757. The predicted octanol–water partition coefficient (Wildman–Crippen LogP) is 2.85. The smallest absolute Gasteiger partial charge is 0.317 e. The van der Waals surface area contributed by atoms with E-state index < -0.39 is 0 Å². The van der Waals surface area contributed by atoms with Crippen molar-refractivity contribution in [3.63, 3.8) is 0 Å². The standard InChI is InChI=1S/C14H25N3O/c1-6-8-15-9-12-10-16-13(17-11(12)3)18-14(4,5)7-2/h10,15H,6-9H2,1-5H3. The summed E-state index contributed by atoms with van der Waals surface area (Å²) in [6.07, 6.45) is 3.91. The van der Waals surface area contributed by atoms with Gasteiger partial charge in [0, 0.05) is 24.0 Å². The number of hydrogen-bond acceptors (Lipinski definition) is 4. The topological polar surface area (TPSA) is 47.0 Å². The van der Waals surface area contributed by atoms with Crippen LogP contribution in [0.1, 0.15) is 51.8 Å². The Morgan fingerprint density at radius 1 is 1.33 bits per heavy atom. The summed E-state index contributed by atoms with van der Waals surface area (Å²) in [6.45, 7) is 12.2. The van der Waals surface area contributed by atoms with E-state index in [9.17, 15) is 0 Å². The number of rotatable bonds is 7. The molecule has 0 amide bonds. The monoisotopic (exact) mass is 251 g/mol. The predicted molar refractivity (Wildman–Crippen MR) is 73.8 cm³/mol. The molecule has 0 fully saturated rings. The van der Waals surface area contributed by atoms with Crippen LogP contribution >= 0.6 is 0 Å². The van der Waals surface area contributed by atoms with Crippen LogP contribution in [0.15, 0.2) is 6.20 Å². The maximum atomic E-state index is 5.77. The van der Waals surface area contributed by atoms with E-state index in [4.69, 9.17) is 4.74 Å². The van der Waals surface area contributed by atoms with Crippen LogP contribution in [0.5, 0.6) is 6.01 Å². The van der Waals surface area contributed by atoms with Crippen molar-refractivity contribution in [2.45, 2.75) is 59.6 Å². The summed E-state index contributed by atoms with van der Waals surface area (Å²) >= 11 is 0. The first-order valence-electron chi connectivity index (χ1n) is 6.70. The van der Waals surface area contributed by atoms with Gasteiger partial charge < -0.3 is 10.1 Å². The first-order chi connectivity index (χ1) is 8.48. The zero-order valence-electron chi connectivity index (χ0n) is 12.2. The van der Waals surface area contributed by atoms with Gasteiger partial charge >= 0.3 is 6.01 Å². The van der Waals surface area contributed by atoms with Crippen LogP contribution < -0.4 is 10.1 Å². The fourth-order valence-electron chi connectivity index (χ4n) is 1.41. The van der Waals surface area contributed by atoms with Gasteiger partial charge in [-0.3, -0.25) is 0 Å². The van der Waals surface area contributed by atoms with E-state index in [0.29, 0.717) is 6.01 Å². The second kappa shape index (κ2) is 6.69. The maximum Gasteiger partial charge on any atom is 0.317 e. The van der Waals surface area contributed by atoms with Gasteiger partial charge in [0.1, 0.15) is 5.60 Å². The summed E-state index contributed by atoms with van der Waals surface area (Å²) in [4.78, 5) is 8.69. The summed E-state index contributed by atoms with van der Waals surface area (Å²) in [7, 11) is 0.